The first-order valence-electron chi connectivity index (χ1n) is 7.61. The summed E-state index contributed by atoms with van der Waals surface area (Å²) in [6.07, 6.45) is 6.97. The van der Waals surface area contributed by atoms with Crippen molar-refractivity contribution < 1.29 is 0 Å². The minimum absolute atomic E-state index is 0.152. The Morgan fingerprint density at radius 3 is 2.65 bits per heavy atom. The molecule has 0 saturated carbocycles. The highest BCUT2D eigenvalue weighted by molar-refractivity contribution is 5.32. The second-order valence-electron chi connectivity index (χ2n) is 5.94. The van der Waals surface area contributed by atoms with Crippen molar-refractivity contribution in [2.75, 3.05) is 31.6 Å². The lowest BCUT2D eigenvalue weighted by atomic mass is 10.1. The molecule has 0 aromatic carbocycles. The van der Waals surface area contributed by atoms with Crippen LogP contribution in [-0.4, -0.2) is 53.6 Å². The van der Waals surface area contributed by atoms with E-state index in [1.165, 1.54) is 0 Å². The van der Waals surface area contributed by atoms with Crippen LogP contribution in [0.3, 0.4) is 0 Å². The molecule has 0 radical (unpaired) electrons. The molecule has 1 aliphatic rings. The Morgan fingerprint density at radius 2 is 2.05 bits per heavy atom. The molecular weight excluding hydrogens is 250 g/mol. The molecule has 5 heteroatoms. The van der Waals surface area contributed by atoms with E-state index in [9.17, 15) is 0 Å². The molecule has 5 nitrogen and oxygen atoms in total. The molecule has 1 saturated heterocycles. The fourth-order valence-corrected chi connectivity index (χ4v) is 2.83. The van der Waals surface area contributed by atoms with Crippen molar-refractivity contribution in [3.8, 4) is 0 Å². The third kappa shape index (κ3) is 3.90. The first kappa shape index (κ1) is 15.2. The number of likely N-dealkylation sites (N-methyl/N-ethyl adjacent to an activating group) is 1. The number of aromatic nitrogens is 2. The van der Waals surface area contributed by atoms with Crippen LogP contribution in [0.15, 0.2) is 12.4 Å². The zero-order valence-electron chi connectivity index (χ0n) is 12.9. The van der Waals surface area contributed by atoms with Gasteiger partial charge in [-0.15, -0.1) is 0 Å². The summed E-state index contributed by atoms with van der Waals surface area (Å²) in [5.41, 5.74) is 6.93. The second kappa shape index (κ2) is 6.99. The lowest BCUT2D eigenvalue weighted by molar-refractivity contribution is 0.327. The molecule has 2 N–H and O–H groups in total. The molecule has 2 atom stereocenters. The Morgan fingerprint density at radius 1 is 1.35 bits per heavy atom. The summed E-state index contributed by atoms with van der Waals surface area (Å²) in [5.74, 6) is 0.862. The largest absolute Gasteiger partial charge is 0.337 e. The molecule has 112 valence electrons. The highest BCUT2D eigenvalue weighted by Gasteiger charge is 2.23. The van der Waals surface area contributed by atoms with Crippen LogP contribution in [-0.2, 0) is 6.42 Å². The summed E-state index contributed by atoms with van der Waals surface area (Å²) in [5, 5.41) is 0. The standard InChI is InChI=1S/C15H27N5/c1-4-14-11-19(3)6-5-7-20(14)15-17-9-13(10-18-15)8-12(2)16/h9-10,12,14H,4-8,11,16H2,1-3H3. The first-order valence-corrected chi connectivity index (χ1v) is 7.61. The van der Waals surface area contributed by atoms with Gasteiger partial charge >= 0.3 is 0 Å². The van der Waals surface area contributed by atoms with Gasteiger partial charge in [-0.3, -0.25) is 0 Å². The van der Waals surface area contributed by atoms with Crippen LogP contribution in [0.1, 0.15) is 32.3 Å². The third-order valence-electron chi connectivity index (χ3n) is 3.88. The van der Waals surface area contributed by atoms with Crippen LogP contribution in [0.4, 0.5) is 5.95 Å². The number of hydrogen-bond acceptors (Lipinski definition) is 5. The molecule has 20 heavy (non-hydrogen) atoms. The van der Waals surface area contributed by atoms with Gasteiger partial charge < -0.3 is 15.5 Å². The van der Waals surface area contributed by atoms with Gasteiger partial charge in [-0.05, 0) is 45.3 Å². The van der Waals surface area contributed by atoms with E-state index >= 15 is 0 Å². The van der Waals surface area contributed by atoms with Crippen LogP contribution >= 0.6 is 0 Å². The van der Waals surface area contributed by atoms with Gasteiger partial charge in [0.2, 0.25) is 5.95 Å². The quantitative estimate of drug-likeness (QED) is 0.898. The predicted octanol–water partition coefficient (Wildman–Crippen LogP) is 1.29. The van der Waals surface area contributed by atoms with Crippen molar-refractivity contribution in [1.82, 2.24) is 14.9 Å². The minimum Gasteiger partial charge on any atom is -0.337 e. The average molecular weight is 277 g/mol. The van der Waals surface area contributed by atoms with Crippen LogP contribution in [0.2, 0.25) is 0 Å². The number of nitrogens with two attached hydrogens (primary N) is 1. The van der Waals surface area contributed by atoms with Gasteiger partial charge in [0.1, 0.15) is 0 Å². The highest BCUT2D eigenvalue weighted by Crippen LogP contribution is 2.18. The molecule has 0 amide bonds. The Kier molecular flexibility index (Phi) is 5.31. The van der Waals surface area contributed by atoms with Crippen LogP contribution in [0.5, 0.6) is 0 Å². The fourth-order valence-electron chi connectivity index (χ4n) is 2.83. The molecular formula is C15H27N5. The molecule has 1 fully saturated rings. The number of rotatable bonds is 4. The molecule has 1 aromatic rings. The van der Waals surface area contributed by atoms with Crippen molar-refractivity contribution in [2.45, 2.75) is 45.2 Å². The second-order valence-corrected chi connectivity index (χ2v) is 5.94. The SMILES string of the molecule is CCC1CN(C)CCCN1c1ncc(CC(C)N)cn1. The van der Waals surface area contributed by atoms with Gasteiger partial charge in [0.25, 0.3) is 0 Å². The van der Waals surface area contributed by atoms with Crippen LogP contribution in [0.25, 0.3) is 0 Å². The van der Waals surface area contributed by atoms with Gasteiger partial charge in [-0.1, -0.05) is 6.92 Å². The van der Waals surface area contributed by atoms with E-state index in [0.717, 1.165) is 50.4 Å². The summed E-state index contributed by atoms with van der Waals surface area (Å²) in [6, 6.07) is 0.654. The van der Waals surface area contributed by atoms with Crippen molar-refractivity contribution in [1.29, 1.82) is 0 Å². The topological polar surface area (TPSA) is 58.3 Å². The van der Waals surface area contributed by atoms with E-state index in [2.05, 4.69) is 33.7 Å². The van der Waals surface area contributed by atoms with Gasteiger partial charge in [-0.2, -0.15) is 0 Å². The summed E-state index contributed by atoms with van der Waals surface area (Å²) in [6.45, 7) is 7.51. The average Bonchev–Trinajstić information content (AvgIpc) is 2.60. The molecule has 0 aliphatic carbocycles. The predicted molar refractivity (Wildman–Crippen MR) is 82.9 cm³/mol. The summed E-state index contributed by atoms with van der Waals surface area (Å²) >= 11 is 0. The van der Waals surface area contributed by atoms with E-state index in [1.807, 2.05) is 19.3 Å². The Labute approximate surface area is 122 Å². The van der Waals surface area contributed by atoms with Crippen LogP contribution in [0, 0.1) is 0 Å². The van der Waals surface area contributed by atoms with E-state index < -0.39 is 0 Å². The van der Waals surface area contributed by atoms with E-state index in [0.29, 0.717) is 6.04 Å². The van der Waals surface area contributed by atoms with Gasteiger partial charge in [0.15, 0.2) is 0 Å². The van der Waals surface area contributed by atoms with E-state index in [-0.39, 0.29) is 6.04 Å². The summed E-state index contributed by atoms with van der Waals surface area (Å²) < 4.78 is 0. The molecule has 0 spiro atoms. The van der Waals surface area contributed by atoms with Gasteiger partial charge in [0, 0.05) is 37.6 Å². The van der Waals surface area contributed by atoms with Crippen LogP contribution < -0.4 is 10.6 Å². The maximum Gasteiger partial charge on any atom is 0.225 e. The fraction of sp³-hybridized carbons (Fsp3) is 0.733. The lowest BCUT2D eigenvalue weighted by Crippen LogP contribution is -2.40. The Balaban J connectivity index is 2.11. The maximum absolute atomic E-state index is 5.81. The van der Waals surface area contributed by atoms with E-state index in [4.69, 9.17) is 5.73 Å². The van der Waals surface area contributed by atoms with Gasteiger partial charge in [-0.25, -0.2) is 9.97 Å². The normalized spacial score (nSPS) is 22.6. The molecule has 1 aromatic heterocycles. The van der Waals surface area contributed by atoms with Crippen molar-refractivity contribution in [2.24, 2.45) is 5.73 Å². The summed E-state index contributed by atoms with van der Waals surface area (Å²) in [7, 11) is 2.19. The molecule has 2 rings (SSSR count). The molecule has 0 bridgehead atoms. The molecule has 1 aliphatic heterocycles. The van der Waals surface area contributed by atoms with Crippen molar-refractivity contribution >= 4 is 5.95 Å². The monoisotopic (exact) mass is 277 g/mol. The lowest BCUT2D eigenvalue weighted by Gasteiger charge is -2.30. The number of nitrogens with zero attached hydrogens (tertiary/aromatic N) is 4. The van der Waals surface area contributed by atoms with Crippen molar-refractivity contribution in [3.05, 3.63) is 18.0 Å². The van der Waals surface area contributed by atoms with Crippen molar-refractivity contribution in [3.63, 3.8) is 0 Å². The maximum atomic E-state index is 5.81. The van der Waals surface area contributed by atoms with Gasteiger partial charge in [0.05, 0.1) is 0 Å². The zero-order chi connectivity index (χ0) is 14.5. The zero-order valence-corrected chi connectivity index (χ0v) is 12.9. The molecule has 2 unspecified atom stereocenters. The highest BCUT2D eigenvalue weighted by atomic mass is 15.3. The summed E-state index contributed by atoms with van der Waals surface area (Å²) in [4.78, 5) is 13.9. The third-order valence-corrected chi connectivity index (χ3v) is 3.88. The Hall–Kier alpha value is -1.20. The smallest absolute Gasteiger partial charge is 0.225 e. The first-order chi connectivity index (χ1) is 9.60. The minimum atomic E-state index is 0.152. The Bertz CT molecular complexity index is 403. The molecule has 2 heterocycles. The number of hydrogen-bond donors (Lipinski definition) is 1. The number of anilines is 1. The van der Waals surface area contributed by atoms with E-state index in [1.54, 1.807) is 0 Å².